The minimum atomic E-state index is -1.58. The highest BCUT2D eigenvalue weighted by Gasteiger charge is 2.45. The highest BCUT2D eigenvalue weighted by molar-refractivity contribution is 5.80. The molecule has 5 atom stereocenters. The maximum atomic E-state index is 12.2. The Balaban J connectivity index is 1.90. The van der Waals surface area contributed by atoms with E-state index >= 15 is 0 Å². The van der Waals surface area contributed by atoms with Gasteiger partial charge in [-0.25, -0.2) is 0 Å². The second-order valence-corrected chi connectivity index (χ2v) is 5.69. The molecule has 1 aliphatic rings. The van der Waals surface area contributed by atoms with Gasteiger partial charge in [0.05, 0.1) is 18.1 Å². The molecular formula is C16H18O8. The standard InChI is InChI=1S/C16H18O8/c1-7-3-2-4-9-12(7)8(18)5-11(22-9)24-16-15(21)14(20)13(19)10(6-17)23-16/h2-5,10,13-17,19-21H,6H2,1H3/t10-,13-,14-,15-,16+/m0/s1. The predicted molar refractivity (Wildman–Crippen MR) is 81.6 cm³/mol. The molecule has 0 bridgehead atoms. The van der Waals surface area contributed by atoms with E-state index in [-0.39, 0.29) is 11.4 Å². The maximum Gasteiger partial charge on any atom is 0.291 e. The first-order valence-corrected chi connectivity index (χ1v) is 7.43. The van der Waals surface area contributed by atoms with E-state index in [0.29, 0.717) is 11.0 Å². The van der Waals surface area contributed by atoms with E-state index in [1.807, 2.05) is 0 Å². The number of fused-ring (bicyclic) bond motifs is 1. The van der Waals surface area contributed by atoms with Crippen molar-refractivity contribution >= 4 is 11.0 Å². The largest absolute Gasteiger partial charge is 0.432 e. The van der Waals surface area contributed by atoms with Gasteiger partial charge in [-0.15, -0.1) is 0 Å². The lowest BCUT2D eigenvalue weighted by Crippen LogP contribution is -2.60. The molecule has 0 saturated carbocycles. The van der Waals surface area contributed by atoms with Gasteiger partial charge in [0.2, 0.25) is 6.29 Å². The number of aryl methyl sites for hydroxylation is 1. The van der Waals surface area contributed by atoms with Crippen molar-refractivity contribution in [2.24, 2.45) is 0 Å². The van der Waals surface area contributed by atoms with Crippen molar-refractivity contribution in [1.82, 2.24) is 0 Å². The summed E-state index contributed by atoms with van der Waals surface area (Å²) in [6, 6.07) is 6.20. The topological polar surface area (TPSA) is 130 Å². The minimum Gasteiger partial charge on any atom is -0.432 e. The number of benzene rings is 1. The summed E-state index contributed by atoms with van der Waals surface area (Å²) in [5, 5.41) is 39.0. The van der Waals surface area contributed by atoms with Crippen LogP contribution in [0.2, 0.25) is 0 Å². The van der Waals surface area contributed by atoms with E-state index < -0.39 is 37.3 Å². The van der Waals surface area contributed by atoms with Gasteiger partial charge >= 0.3 is 0 Å². The molecule has 3 rings (SSSR count). The lowest BCUT2D eigenvalue weighted by atomic mass is 9.99. The fourth-order valence-corrected chi connectivity index (χ4v) is 2.70. The van der Waals surface area contributed by atoms with E-state index in [4.69, 9.17) is 19.0 Å². The molecule has 0 spiro atoms. The van der Waals surface area contributed by atoms with Crippen LogP contribution in [0.3, 0.4) is 0 Å². The molecule has 0 amide bonds. The average molecular weight is 338 g/mol. The third-order valence-electron chi connectivity index (χ3n) is 4.02. The van der Waals surface area contributed by atoms with Crippen LogP contribution in [-0.2, 0) is 4.74 Å². The summed E-state index contributed by atoms with van der Waals surface area (Å²) in [6.45, 7) is 1.20. The number of hydrogen-bond donors (Lipinski definition) is 4. The zero-order chi connectivity index (χ0) is 17.4. The fraction of sp³-hybridized carbons (Fsp3) is 0.438. The van der Waals surface area contributed by atoms with Gasteiger partial charge in [-0.2, -0.15) is 0 Å². The SMILES string of the molecule is Cc1cccc2oc(O[C@H]3O[C@@H](CO)[C@H](O)[C@H](O)[C@@H]3O)cc(=O)c12. The molecule has 24 heavy (non-hydrogen) atoms. The number of ether oxygens (including phenoxy) is 2. The van der Waals surface area contributed by atoms with Crippen LogP contribution >= 0.6 is 0 Å². The molecule has 1 aromatic carbocycles. The van der Waals surface area contributed by atoms with E-state index in [1.54, 1.807) is 25.1 Å². The number of hydrogen-bond acceptors (Lipinski definition) is 8. The predicted octanol–water partition coefficient (Wildman–Crippen LogP) is -0.720. The molecule has 0 unspecified atom stereocenters. The lowest BCUT2D eigenvalue weighted by molar-refractivity contribution is -0.280. The van der Waals surface area contributed by atoms with E-state index in [1.165, 1.54) is 0 Å². The Morgan fingerprint density at radius 3 is 2.62 bits per heavy atom. The Bertz CT molecular complexity index is 783. The highest BCUT2D eigenvalue weighted by atomic mass is 16.7. The molecule has 8 nitrogen and oxygen atoms in total. The smallest absolute Gasteiger partial charge is 0.291 e. The molecule has 2 aromatic rings. The molecule has 1 aliphatic heterocycles. The summed E-state index contributed by atoms with van der Waals surface area (Å²) >= 11 is 0. The zero-order valence-electron chi connectivity index (χ0n) is 12.8. The number of aliphatic hydroxyl groups is 4. The van der Waals surface area contributed by atoms with Gasteiger partial charge in [-0.05, 0) is 18.6 Å². The van der Waals surface area contributed by atoms with Crippen molar-refractivity contribution in [3.8, 4) is 5.95 Å². The third-order valence-corrected chi connectivity index (χ3v) is 4.02. The number of aliphatic hydroxyl groups excluding tert-OH is 4. The van der Waals surface area contributed by atoms with Gasteiger partial charge in [-0.3, -0.25) is 4.79 Å². The summed E-state index contributed by atoms with van der Waals surface area (Å²) < 4.78 is 16.0. The monoisotopic (exact) mass is 338 g/mol. The molecule has 4 N–H and O–H groups in total. The van der Waals surface area contributed by atoms with Gasteiger partial charge in [0.15, 0.2) is 5.43 Å². The quantitative estimate of drug-likeness (QED) is 0.577. The molecule has 1 aromatic heterocycles. The van der Waals surface area contributed by atoms with Crippen LogP contribution in [0, 0.1) is 6.92 Å². The van der Waals surface area contributed by atoms with Crippen LogP contribution in [0.5, 0.6) is 5.95 Å². The van der Waals surface area contributed by atoms with Crippen LogP contribution in [0.25, 0.3) is 11.0 Å². The fourth-order valence-electron chi connectivity index (χ4n) is 2.70. The van der Waals surface area contributed by atoms with Crippen LogP contribution in [0.1, 0.15) is 5.56 Å². The summed E-state index contributed by atoms with van der Waals surface area (Å²) in [7, 11) is 0. The van der Waals surface area contributed by atoms with Gasteiger partial charge in [0, 0.05) is 0 Å². The second kappa shape index (κ2) is 6.50. The molecule has 0 radical (unpaired) electrons. The first-order valence-electron chi connectivity index (χ1n) is 7.43. The lowest BCUT2D eigenvalue weighted by Gasteiger charge is -2.39. The molecule has 1 fully saturated rings. The summed E-state index contributed by atoms with van der Waals surface area (Å²) in [4.78, 5) is 12.2. The van der Waals surface area contributed by atoms with Crippen LogP contribution in [0.4, 0.5) is 0 Å². The summed E-state index contributed by atoms with van der Waals surface area (Å²) in [6.07, 6.45) is -7.17. The van der Waals surface area contributed by atoms with Crippen LogP contribution < -0.4 is 10.2 Å². The van der Waals surface area contributed by atoms with Crippen LogP contribution in [-0.4, -0.2) is 57.7 Å². The van der Waals surface area contributed by atoms with Gasteiger partial charge in [-0.1, -0.05) is 12.1 Å². The van der Waals surface area contributed by atoms with E-state index in [2.05, 4.69) is 0 Å². The molecule has 2 heterocycles. The summed E-state index contributed by atoms with van der Waals surface area (Å²) in [5.41, 5.74) is 0.733. The minimum absolute atomic E-state index is 0.206. The van der Waals surface area contributed by atoms with Crippen molar-refractivity contribution in [2.75, 3.05) is 6.61 Å². The third kappa shape index (κ3) is 2.90. The summed E-state index contributed by atoms with van der Waals surface area (Å²) in [5.74, 6) is -0.206. The molecule has 130 valence electrons. The van der Waals surface area contributed by atoms with Gasteiger partial charge in [0.25, 0.3) is 5.95 Å². The second-order valence-electron chi connectivity index (χ2n) is 5.69. The van der Waals surface area contributed by atoms with Gasteiger partial charge < -0.3 is 34.3 Å². The first kappa shape index (κ1) is 16.9. The van der Waals surface area contributed by atoms with Crippen molar-refractivity contribution in [3.63, 3.8) is 0 Å². The molecule has 8 heteroatoms. The Hall–Kier alpha value is -1.97. The average Bonchev–Trinajstić information content (AvgIpc) is 2.55. The molecule has 1 saturated heterocycles. The molecular weight excluding hydrogens is 320 g/mol. The highest BCUT2D eigenvalue weighted by Crippen LogP contribution is 2.26. The maximum absolute atomic E-state index is 12.2. The Labute approximate surface area is 136 Å². The van der Waals surface area contributed by atoms with Crippen molar-refractivity contribution < 1.29 is 34.3 Å². The Morgan fingerprint density at radius 2 is 1.92 bits per heavy atom. The van der Waals surface area contributed by atoms with E-state index in [9.17, 15) is 20.1 Å². The van der Waals surface area contributed by atoms with Crippen molar-refractivity contribution in [3.05, 3.63) is 40.1 Å². The van der Waals surface area contributed by atoms with Crippen molar-refractivity contribution in [1.29, 1.82) is 0 Å². The zero-order valence-corrected chi connectivity index (χ0v) is 12.8. The van der Waals surface area contributed by atoms with E-state index in [0.717, 1.165) is 11.6 Å². The Kier molecular flexibility index (Phi) is 4.57. The number of rotatable bonds is 3. The molecule has 0 aliphatic carbocycles. The van der Waals surface area contributed by atoms with Crippen LogP contribution in [0.15, 0.2) is 33.5 Å². The van der Waals surface area contributed by atoms with Crippen molar-refractivity contribution in [2.45, 2.75) is 37.6 Å². The normalized spacial score (nSPS) is 30.5. The first-order chi connectivity index (χ1) is 11.4. The Morgan fingerprint density at radius 1 is 1.17 bits per heavy atom. The van der Waals surface area contributed by atoms with Gasteiger partial charge in [0.1, 0.15) is 30.0 Å².